The van der Waals surface area contributed by atoms with Gasteiger partial charge in [0.15, 0.2) is 12.0 Å². The van der Waals surface area contributed by atoms with Crippen LogP contribution in [0.4, 0.5) is 4.39 Å². The Labute approximate surface area is 144 Å². The Morgan fingerprint density at radius 3 is 2.62 bits per heavy atom. The number of hydrogen-bond acceptors (Lipinski definition) is 2. The zero-order valence-electron chi connectivity index (χ0n) is 15.1. The molecule has 3 saturated carbocycles. The van der Waals surface area contributed by atoms with Crippen molar-refractivity contribution in [2.75, 3.05) is 0 Å². The number of fused-ring (bicyclic) bond motifs is 5. The minimum absolute atomic E-state index is 0.143. The van der Waals surface area contributed by atoms with Gasteiger partial charge < -0.3 is 0 Å². The maximum absolute atomic E-state index is 14.2. The normalized spacial score (nSPS) is 50.6. The fraction of sp³-hybridized carbons (Fsp3) is 0.810. The second-order valence-corrected chi connectivity index (χ2v) is 9.36. The Morgan fingerprint density at radius 2 is 1.92 bits per heavy atom. The van der Waals surface area contributed by atoms with Gasteiger partial charge in [0.1, 0.15) is 5.78 Å². The van der Waals surface area contributed by atoms with Gasteiger partial charge in [0.25, 0.3) is 0 Å². The van der Waals surface area contributed by atoms with Crippen LogP contribution in [0.25, 0.3) is 0 Å². The lowest BCUT2D eigenvalue weighted by atomic mass is 9.46. The summed E-state index contributed by atoms with van der Waals surface area (Å²) >= 11 is 0. The Bertz CT molecular complexity index is 623. The molecular formula is C21H29FO2. The topological polar surface area (TPSA) is 34.1 Å². The fourth-order valence-corrected chi connectivity index (χ4v) is 7.25. The van der Waals surface area contributed by atoms with Gasteiger partial charge in [0.2, 0.25) is 0 Å². The molecule has 24 heavy (non-hydrogen) atoms. The van der Waals surface area contributed by atoms with Crippen LogP contribution in [0.1, 0.15) is 65.7 Å². The molecule has 2 nitrogen and oxygen atoms in total. The molecule has 0 aromatic carbocycles. The number of rotatable bonds is 1. The summed E-state index contributed by atoms with van der Waals surface area (Å²) in [6.45, 7) is 6.30. The highest BCUT2D eigenvalue weighted by Gasteiger charge is 2.60. The summed E-state index contributed by atoms with van der Waals surface area (Å²) in [4.78, 5) is 24.0. The van der Waals surface area contributed by atoms with Crippen molar-refractivity contribution in [3.63, 3.8) is 0 Å². The van der Waals surface area contributed by atoms with Crippen molar-refractivity contribution in [2.24, 2.45) is 34.5 Å². The van der Waals surface area contributed by atoms with Crippen LogP contribution in [0.2, 0.25) is 0 Å². The molecule has 7 atom stereocenters. The van der Waals surface area contributed by atoms with Crippen LogP contribution in [-0.2, 0) is 9.59 Å². The highest BCUT2D eigenvalue weighted by Crippen LogP contribution is 2.66. The van der Waals surface area contributed by atoms with E-state index in [-0.39, 0.29) is 22.5 Å². The third kappa shape index (κ3) is 2.05. The summed E-state index contributed by atoms with van der Waals surface area (Å²) in [7, 11) is 0. The first-order chi connectivity index (χ1) is 11.3. The van der Waals surface area contributed by atoms with Crippen LogP contribution in [0.3, 0.4) is 0 Å². The predicted molar refractivity (Wildman–Crippen MR) is 91.2 cm³/mol. The zero-order valence-corrected chi connectivity index (χ0v) is 15.1. The van der Waals surface area contributed by atoms with Gasteiger partial charge in [-0.25, -0.2) is 4.39 Å². The molecule has 3 fully saturated rings. The van der Waals surface area contributed by atoms with Gasteiger partial charge in [-0.05, 0) is 86.5 Å². The van der Waals surface area contributed by atoms with Crippen molar-refractivity contribution in [3.05, 3.63) is 11.6 Å². The minimum Gasteiger partial charge on any atom is -0.300 e. The Hall–Kier alpha value is -0.990. The van der Waals surface area contributed by atoms with Crippen molar-refractivity contribution in [1.82, 2.24) is 0 Å². The number of halogens is 1. The Morgan fingerprint density at radius 1 is 1.17 bits per heavy atom. The first-order valence-corrected chi connectivity index (χ1v) is 9.67. The molecule has 132 valence electrons. The number of Topliss-reactive ketones (excluding diaryl/α,β-unsaturated/α-hetero) is 1. The Kier molecular flexibility index (Phi) is 3.61. The van der Waals surface area contributed by atoms with E-state index >= 15 is 0 Å². The van der Waals surface area contributed by atoms with Gasteiger partial charge in [0, 0.05) is 5.92 Å². The summed E-state index contributed by atoms with van der Waals surface area (Å²) < 4.78 is 14.2. The summed E-state index contributed by atoms with van der Waals surface area (Å²) in [6.07, 6.45) is 7.07. The summed E-state index contributed by atoms with van der Waals surface area (Å²) in [5, 5.41) is 0. The van der Waals surface area contributed by atoms with Gasteiger partial charge in [-0.15, -0.1) is 0 Å². The molecule has 0 radical (unpaired) electrons. The minimum atomic E-state index is -1.32. The molecule has 4 aliphatic carbocycles. The monoisotopic (exact) mass is 332 g/mol. The number of carbonyl (C=O) groups excluding carboxylic acids is 2. The zero-order chi connectivity index (χ0) is 17.3. The SMILES string of the molecule is CC(=O)[C@H]1CC[C@H]2[C@@H]3CCC4=CC(=O)[C@H](F)C[C@]4(C)[C@H]3CC[C@]12C. The third-order valence-electron chi connectivity index (χ3n) is 8.46. The lowest BCUT2D eigenvalue weighted by Gasteiger charge is -2.58. The van der Waals surface area contributed by atoms with Gasteiger partial charge in [-0.3, -0.25) is 9.59 Å². The van der Waals surface area contributed by atoms with E-state index in [0.29, 0.717) is 30.0 Å². The second kappa shape index (κ2) is 5.25. The van der Waals surface area contributed by atoms with E-state index in [9.17, 15) is 14.0 Å². The largest absolute Gasteiger partial charge is 0.300 e. The molecule has 4 rings (SSSR count). The van der Waals surface area contributed by atoms with E-state index in [4.69, 9.17) is 0 Å². The van der Waals surface area contributed by atoms with E-state index in [2.05, 4.69) is 13.8 Å². The molecule has 0 heterocycles. The predicted octanol–water partition coefficient (Wildman–Crippen LogP) is 4.67. The standard InChI is InChI=1S/C21H29FO2/c1-12(23)15-6-7-16-14-5-4-13-10-19(24)18(22)11-21(13,3)17(14)8-9-20(15,16)2/h10,14-18H,4-9,11H2,1-3H3/t14-,15+,16-,17-,18+,20+,21-/m0/s1. The molecule has 0 unspecified atom stereocenters. The van der Waals surface area contributed by atoms with E-state index in [1.54, 1.807) is 13.0 Å². The van der Waals surface area contributed by atoms with E-state index in [1.807, 2.05) is 0 Å². The van der Waals surface area contributed by atoms with Crippen LogP contribution in [0.15, 0.2) is 11.6 Å². The first-order valence-electron chi connectivity index (χ1n) is 9.67. The summed E-state index contributed by atoms with van der Waals surface area (Å²) in [5.41, 5.74) is 1.20. The average molecular weight is 332 g/mol. The van der Waals surface area contributed by atoms with Gasteiger partial charge >= 0.3 is 0 Å². The lowest BCUT2D eigenvalue weighted by molar-refractivity contribution is -0.130. The van der Waals surface area contributed by atoms with Crippen molar-refractivity contribution in [2.45, 2.75) is 71.9 Å². The van der Waals surface area contributed by atoms with Crippen LogP contribution < -0.4 is 0 Å². The molecule has 0 N–H and O–H groups in total. The molecular weight excluding hydrogens is 303 g/mol. The van der Waals surface area contributed by atoms with Crippen molar-refractivity contribution < 1.29 is 14.0 Å². The molecule has 0 bridgehead atoms. The summed E-state index contributed by atoms with van der Waals surface area (Å²) in [6, 6.07) is 0. The van der Waals surface area contributed by atoms with Gasteiger partial charge in [-0.1, -0.05) is 19.4 Å². The number of alkyl halides is 1. The first kappa shape index (κ1) is 16.5. The molecule has 0 spiro atoms. The lowest BCUT2D eigenvalue weighted by Crippen LogP contribution is -2.52. The molecule has 4 aliphatic rings. The van der Waals surface area contributed by atoms with E-state index in [1.165, 1.54) is 5.57 Å². The average Bonchev–Trinajstić information content (AvgIpc) is 2.86. The van der Waals surface area contributed by atoms with Crippen LogP contribution in [-0.4, -0.2) is 17.7 Å². The molecule has 0 aromatic heterocycles. The van der Waals surface area contributed by atoms with Crippen molar-refractivity contribution >= 4 is 11.6 Å². The molecule has 0 amide bonds. The maximum Gasteiger partial charge on any atom is 0.189 e. The molecule has 0 aromatic rings. The number of carbonyl (C=O) groups is 2. The van der Waals surface area contributed by atoms with Gasteiger partial charge in [-0.2, -0.15) is 0 Å². The fourth-order valence-electron chi connectivity index (χ4n) is 7.25. The van der Waals surface area contributed by atoms with Crippen molar-refractivity contribution in [3.8, 4) is 0 Å². The summed E-state index contributed by atoms with van der Waals surface area (Å²) in [5.74, 6) is 1.92. The molecule has 0 saturated heterocycles. The van der Waals surface area contributed by atoms with Gasteiger partial charge in [0.05, 0.1) is 0 Å². The Balaban J connectivity index is 1.68. The highest BCUT2D eigenvalue weighted by atomic mass is 19.1. The van der Waals surface area contributed by atoms with E-state index < -0.39 is 6.17 Å². The number of hydrogen-bond donors (Lipinski definition) is 0. The van der Waals surface area contributed by atoms with Crippen LogP contribution in [0, 0.1) is 34.5 Å². The molecule has 0 aliphatic heterocycles. The van der Waals surface area contributed by atoms with Crippen LogP contribution >= 0.6 is 0 Å². The van der Waals surface area contributed by atoms with Crippen LogP contribution in [0.5, 0.6) is 0 Å². The quantitative estimate of drug-likeness (QED) is 0.699. The second-order valence-electron chi connectivity index (χ2n) is 9.36. The molecule has 3 heteroatoms. The third-order valence-corrected chi connectivity index (χ3v) is 8.46. The smallest absolute Gasteiger partial charge is 0.189 e. The maximum atomic E-state index is 14.2. The van der Waals surface area contributed by atoms with E-state index in [0.717, 1.165) is 38.5 Å². The number of ketones is 2. The number of allylic oxidation sites excluding steroid dienone is 1. The van der Waals surface area contributed by atoms with Crippen molar-refractivity contribution in [1.29, 1.82) is 0 Å². The highest BCUT2D eigenvalue weighted by molar-refractivity contribution is 5.95.